The van der Waals surface area contributed by atoms with Gasteiger partial charge in [0, 0.05) is 0 Å². The Morgan fingerprint density at radius 1 is 1.03 bits per heavy atom. The van der Waals surface area contributed by atoms with Gasteiger partial charge in [0.15, 0.2) is 0 Å². The molecule has 9 atom stereocenters. The molecule has 0 heterocycles. The van der Waals surface area contributed by atoms with Gasteiger partial charge < -0.3 is 10.2 Å². The van der Waals surface area contributed by atoms with E-state index < -0.39 is 5.60 Å². The van der Waals surface area contributed by atoms with E-state index in [-0.39, 0.29) is 6.10 Å². The fraction of sp³-hybridized carbons (Fsp3) is 0.742. The number of fused-ring (bicyclic) bond motifs is 5. The smallest absolute Gasteiger partial charge is 0.0868 e. The van der Waals surface area contributed by atoms with E-state index in [0.717, 1.165) is 54.9 Å². The Labute approximate surface area is 201 Å². The van der Waals surface area contributed by atoms with Crippen molar-refractivity contribution in [3.8, 4) is 0 Å². The second-order valence-electron chi connectivity index (χ2n) is 13.0. The number of hydrogen-bond acceptors (Lipinski definition) is 2. The molecule has 4 aliphatic carbocycles. The molecule has 2 N–H and O–H groups in total. The first-order chi connectivity index (χ1) is 15.6. The highest BCUT2D eigenvalue weighted by atomic mass is 16.3. The highest BCUT2D eigenvalue weighted by Gasteiger charge is 2.59. The Hall–Kier alpha value is -1.12. The lowest BCUT2D eigenvalue weighted by atomic mass is 9.47. The van der Waals surface area contributed by atoms with Gasteiger partial charge in [-0.2, -0.15) is 0 Å². The van der Waals surface area contributed by atoms with Crippen LogP contribution in [0.2, 0.25) is 0 Å². The van der Waals surface area contributed by atoms with E-state index in [4.69, 9.17) is 0 Å². The Bertz CT molecular complexity index is 872. The monoisotopic (exact) mass is 450 g/mol. The van der Waals surface area contributed by atoms with Crippen molar-refractivity contribution >= 4 is 0 Å². The molecule has 0 aliphatic heterocycles. The zero-order valence-electron chi connectivity index (χ0n) is 21.4. The summed E-state index contributed by atoms with van der Waals surface area (Å²) in [5.41, 5.74) is 2.67. The van der Waals surface area contributed by atoms with E-state index in [1.54, 1.807) is 5.57 Å². The van der Waals surface area contributed by atoms with E-state index in [1.807, 2.05) is 25.1 Å². The normalized spacial score (nSPS) is 43.0. The lowest BCUT2D eigenvalue weighted by Crippen LogP contribution is -2.50. The summed E-state index contributed by atoms with van der Waals surface area (Å²) in [7, 11) is 0. The molecule has 3 fully saturated rings. The van der Waals surface area contributed by atoms with Gasteiger partial charge in [0.1, 0.15) is 0 Å². The average molecular weight is 451 g/mol. The third-order valence-corrected chi connectivity index (χ3v) is 11.3. The van der Waals surface area contributed by atoms with Crippen LogP contribution in [0.4, 0.5) is 0 Å². The van der Waals surface area contributed by atoms with Gasteiger partial charge >= 0.3 is 0 Å². The molecule has 0 bridgehead atoms. The Balaban J connectivity index is 1.29. The number of aliphatic hydroxyl groups excluding tert-OH is 1. The van der Waals surface area contributed by atoms with Crippen molar-refractivity contribution in [3.63, 3.8) is 0 Å². The summed E-state index contributed by atoms with van der Waals surface area (Å²) < 4.78 is 0. The Morgan fingerprint density at radius 2 is 1.79 bits per heavy atom. The minimum absolute atomic E-state index is 0.112. The molecule has 3 saturated carbocycles. The van der Waals surface area contributed by atoms with Crippen LogP contribution in [0.25, 0.3) is 0 Å². The first kappa shape index (κ1) is 23.6. The van der Waals surface area contributed by atoms with Crippen molar-refractivity contribution in [2.45, 2.75) is 104 Å². The lowest BCUT2D eigenvalue weighted by molar-refractivity contribution is -0.0589. The van der Waals surface area contributed by atoms with E-state index in [1.165, 1.54) is 38.5 Å². The summed E-state index contributed by atoms with van der Waals surface area (Å²) in [4.78, 5) is 0. The van der Waals surface area contributed by atoms with Gasteiger partial charge in [0.25, 0.3) is 0 Å². The van der Waals surface area contributed by atoms with Crippen LogP contribution >= 0.6 is 0 Å². The molecule has 5 rings (SSSR count). The maximum atomic E-state index is 11.2. The lowest BCUT2D eigenvalue weighted by Gasteiger charge is -2.58. The summed E-state index contributed by atoms with van der Waals surface area (Å²) in [5, 5.41) is 21.4. The highest BCUT2D eigenvalue weighted by Crippen LogP contribution is 2.67. The van der Waals surface area contributed by atoms with E-state index in [0.29, 0.717) is 16.7 Å². The molecular weight excluding hydrogens is 404 g/mol. The second-order valence-corrected chi connectivity index (χ2v) is 13.0. The number of benzene rings is 1. The van der Waals surface area contributed by atoms with Gasteiger partial charge in [0.2, 0.25) is 0 Å². The Kier molecular flexibility index (Phi) is 6.10. The Morgan fingerprint density at radius 3 is 2.55 bits per heavy atom. The van der Waals surface area contributed by atoms with Crippen LogP contribution in [0, 0.1) is 40.4 Å². The quantitative estimate of drug-likeness (QED) is 0.464. The van der Waals surface area contributed by atoms with Gasteiger partial charge in [0.05, 0.1) is 11.7 Å². The van der Waals surface area contributed by atoms with Crippen molar-refractivity contribution in [1.82, 2.24) is 0 Å². The predicted molar refractivity (Wildman–Crippen MR) is 136 cm³/mol. The minimum Gasteiger partial charge on any atom is -0.393 e. The number of allylic oxidation sites excluding steroid dienone is 1. The summed E-state index contributed by atoms with van der Waals surface area (Å²) in [6, 6.07) is 10.2. The maximum absolute atomic E-state index is 11.2. The highest BCUT2D eigenvalue weighted by molar-refractivity contribution is 5.25. The summed E-state index contributed by atoms with van der Waals surface area (Å²) >= 11 is 0. The number of hydrogen-bond donors (Lipinski definition) is 2. The molecule has 0 aromatic heterocycles. The fourth-order valence-electron chi connectivity index (χ4n) is 9.27. The van der Waals surface area contributed by atoms with E-state index in [9.17, 15) is 10.2 Å². The van der Waals surface area contributed by atoms with Crippen molar-refractivity contribution in [2.24, 2.45) is 40.4 Å². The average Bonchev–Trinajstić information content (AvgIpc) is 3.16. The van der Waals surface area contributed by atoms with Gasteiger partial charge in [-0.05, 0) is 117 Å². The molecule has 0 radical (unpaired) electrons. The van der Waals surface area contributed by atoms with Crippen molar-refractivity contribution in [3.05, 3.63) is 47.5 Å². The third kappa shape index (κ3) is 3.94. The minimum atomic E-state index is -0.739. The standard InChI is InChI=1S/C31H46O2/c1-21(14-19-31(4,33)22-8-6-5-7-9-22)26-12-13-27-25-11-10-23-20-24(32)15-17-29(23,2)28(25)16-18-30(26,27)3/h5-10,21,24-28,32-33H,11-20H2,1-4H3/t21-,24-,25+,26+,27+,28-,29-,30+,31+/m0/s1. The van der Waals surface area contributed by atoms with Crippen LogP contribution in [0.1, 0.15) is 97.5 Å². The fourth-order valence-corrected chi connectivity index (χ4v) is 9.27. The van der Waals surface area contributed by atoms with Crippen molar-refractivity contribution < 1.29 is 10.2 Å². The molecular formula is C31H46O2. The predicted octanol–water partition coefficient (Wildman–Crippen LogP) is 7.25. The topological polar surface area (TPSA) is 40.5 Å². The summed E-state index contributed by atoms with van der Waals surface area (Å²) in [6.07, 6.45) is 14.2. The molecule has 182 valence electrons. The molecule has 0 unspecified atom stereocenters. The molecule has 4 aliphatic rings. The number of aliphatic hydroxyl groups is 2. The van der Waals surface area contributed by atoms with Crippen LogP contribution in [0.3, 0.4) is 0 Å². The van der Waals surface area contributed by atoms with Gasteiger partial charge in [-0.1, -0.05) is 62.8 Å². The van der Waals surface area contributed by atoms with E-state index in [2.05, 4.69) is 39.0 Å². The zero-order chi connectivity index (χ0) is 23.4. The molecule has 1 aromatic carbocycles. The molecule has 0 amide bonds. The molecule has 0 saturated heterocycles. The first-order valence-corrected chi connectivity index (χ1v) is 13.8. The van der Waals surface area contributed by atoms with Crippen LogP contribution < -0.4 is 0 Å². The van der Waals surface area contributed by atoms with Crippen LogP contribution in [-0.2, 0) is 5.60 Å². The first-order valence-electron chi connectivity index (χ1n) is 13.8. The summed E-state index contributed by atoms with van der Waals surface area (Å²) in [6.45, 7) is 9.62. The van der Waals surface area contributed by atoms with E-state index >= 15 is 0 Å². The van der Waals surface area contributed by atoms with Crippen LogP contribution in [-0.4, -0.2) is 16.3 Å². The SMILES string of the molecule is C[C@@H](CC[C@@](C)(O)c1ccccc1)[C@H]1CC[C@@H]2[C@H]3CC=C4C[C@@H](O)CC[C@]4(C)[C@H]3CC[C@@]21C. The molecule has 2 nitrogen and oxygen atoms in total. The third-order valence-electron chi connectivity index (χ3n) is 11.3. The largest absolute Gasteiger partial charge is 0.393 e. The molecule has 1 aromatic rings. The second kappa shape index (κ2) is 8.52. The zero-order valence-corrected chi connectivity index (χ0v) is 21.4. The van der Waals surface area contributed by atoms with Gasteiger partial charge in [-0.25, -0.2) is 0 Å². The molecule has 2 heteroatoms. The van der Waals surface area contributed by atoms with Crippen molar-refractivity contribution in [2.75, 3.05) is 0 Å². The summed E-state index contributed by atoms with van der Waals surface area (Å²) in [5.74, 6) is 3.93. The van der Waals surface area contributed by atoms with Crippen LogP contribution in [0.15, 0.2) is 42.0 Å². The number of rotatable bonds is 5. The maximum Gasteiger partial charge on any atom is 0.0868 e. The van der Waals surface area contributed by atoms with Gasteiger partial charge in [-0.3, -0.25) is 0 Å². The van der Waals surface area contributed by atoms with Gasteiger partial charge in [-0.15, -0.1) is 0 Å². The molecule has 33 heavy (non-hydrogen) atoms. The van der Waals surface area contributed by atoms with Crippen molar-refractivity contribution in [1.29, 1.82) is 0 Å². The molecule has 0 spiro atoms. The van der Waals surface area contributed by atoms with Crippen LogP contribution in [0.5, 0.6) is 0 Å².